The minimum Gasteiger partial charge on any atom is -0.351 e. The molecule has 27 heavy (non-hydrogen) atoms. The highest BCUT2D eigenvalue weighted by atomic mass is 16.2. The van der Waals surface area contributed by atoms with Crippen molar-refractivity contribution in [1.29, 1.82) is 0 Å². The summed E-state index contributed by atoms with van der Waals surface area (Å²) in [4.78, 5) is 28.7. The molecule has 0 unspecified atom stereocenters. The summed E-state index contributed by atoms with van der Waals surface area (Å²) in [5, 5.41) is 6.54. The van der Waals surface area contributed by atoms with Gasteiger partial charge in [-0.3, -0.25) is 14.5 Å². The summed E-state index contributed by atoms with van der Waals surface area (Å²) in [6.45, 7) is 4.49. The maximum atomic E-state index is 12.8. The van der Waals surface area contributed by atoms with Gasteiger partial charge in [-0.25, -0.2) is 0 Å². The molecule has 1 aromatic carbocycles. The lowest BCUT2D eigenvalue weighted by Crippen LogP contribution is -2.41. The molecule has 3 aliphatic heterocycles. The highest BCUT2D eigenvalue weighted by molar-refractivity contribution is 5.95. The second-order valence-electron chi connectivity index (χ2n) is 8.42. The number of likely N-dealkylation sites (N-methyl/N-ethyl adjacent to an activating group) is 1. The van der Waals surface area contributed by atoms with Gasteiger partial charge in [0.1, 0.15) is 0 Å². The zero-order valence-corrected chi connectivity index (χ0v) is 16.2. The highest BCUT2D eigenvalue weighted by Crippen LogP contribution is 2.41. The molecule has 3 saturated heterocycles. The first-order chi connectivity index (χ1) is 13.1. The zero-order valence-electron chi connectivity index (χ0n) is 16.2. The SMILES string of the molecule is CN1CC2(CCNCC2)C[C@H]1C(=O)NCc1ccc(N2CCCC2=O)cc1. The lowest BCUT2D eigenvalue weighted by molar-refractivity contribution is -0.125. The van der Waals surface area contributed by atoms with Gasteiger partial charge in [-0.15, -0.1) is 0 Å². The van der Waals surface area contributed by atoms with Gasteiger partial charge in [-0.05, 0) is 68.9 Å². The van der Waals surface area contributed by atoms with Crippen LogP contribution in [0.1, 0.15) is 37.7 Å². The Morgan fingerprint density at radius 2 is 2.00 bits per heavy atom. The Morgan fingerprint density at radius 1 is 1.26 bits per heavy atom. The predicted molar refractivity (Wildman–Crippen MR) is 105 cm³/mol. The van der Waals surface area contributed by atoms with Gasteiger partial charge >= 0.3 is 0 Å². The minimum atomic E-state index is -0.0235. The second kappa shape index (κ2) is 7.60. The third kappa shape index (κ3) is 3.87. The van der Waals surface area contributed by atoms with E-state index in [2.05, 4.69) is 22.6 Å². The Hall–Kier alpha value is -1.92. The molecular weight excluding hydrogens is 340 g/mol. The summed E-state index contributed by atoms with van der Waals surface area (Å²) < 4.78 is 0. The number of anilines is 1. The third-order valence-corrected chi connectivity index (χ3v) is 6.50. The molecule has 0 bridgehead atoms. The van der Waals surface area contributed by atoms with E-state index in [9.17, 15) is 9.59 Å². The second-order valence-corrected chi connectivity index (χ2v) is 8.42. The van der Waals surface area contributed by atoms with Crippen molar-refractivity contribution in [2.24, 2.45) is 5.41 Å². The number of nitrogens with one attached hydrogen (secondary N) is 2. The van der Waals surface area contributed by atoms with Gasteiger partial charge in [0, 0.05) is 31.7 Å². The molecule has 4 rings (SSSR count). The topological polar surface area (TPSA) is 64.7 Å². The monoisotopic (exact) mass is 370 g/mol. The lowest BCUT2D eigenvalue weighted by atomic mass is 9.77. The normalized spacial score (nSPS) is 25.3. The molecule has 3 aliphatic rings. The molecular formula is C21H30N4O2. The molecule has 2 amide bonds. The standard InChI is InChI=1S/C21H30N4O2/c1-24-15-21(8-10-22-11-9-21)13-18(24)20(27)23-14-16-4-6-17(7-5-16)25-12-2-3-19(25)26/h4-7,18,22H,2-3,8-15H2,1H3,(H,23,27)/t18-/m0/s1. The fraction of sp³-hybridized carbons (Fsp3) is 0.619. The molecule has 1 spiro atoms. The molecule has 3 fully saturated rings. The number of nitrogens with zero attached hydrogens (tertiary/aromatic N) is 2. The Morgan fingerprint density at radius 3 is 2.67 bits per heavy atom. The summed E-state index contributed by atoms with van der Waals surface area (Å²) in [6.07, 6.45) is 4.87. The molecule has 1 atom stereocenters. The average molecular weight is 370 g/mol. The molecule has 146 valence electrons. The molecule has 1 aromatic rings. The van der Waals surface area contributed by atoms with Gasteiger partial charge in [0.25, 0.3) is 0 Å². The molecule has 6 heteroatoms. The number of benzene rings is 1. The largest absolute Gasteiger partial charge is 0.351 e. The van der Waals surface area contributed by atoms with Gasteiger partial charge in [0.05, 0.1) is 6.04 Å². The summed E-state index contributed by atoms with van der Waals surface area (Å²) in [5.41, 5.74) is 2.33. The van der Waals surface area contributed by atoms with Crippen molar-refractivity contribution in [3.63, 3.8) is 0 Å². The molecule has 0 aliphatic carbocycles. The van der Waals surface area contributed by atoms with Crippen LogP contribution in [0.4, 0.5) is 5.69 Å². The van der Waals surface area contributed by atoms with Gasteiger partial charge in [0.2, 0.25) is 11.8 Å². The Balaban J connectivity index is 1.32. The first kappa shape index (κ1) is 18.4. The number of hydrogen-bond donors (Lipinski definition) is 2. The van der Waals surface area contributed by atoms with Gasteiger partial charge in [0.15, 0.2) is 0 Å². The summed E-state index contributed by atoms with van der Waals surface area (Å²) >= 11 is 0. The molecule has 0 aromatic heterocycles. The molecule has 2 N–H and O–H groups in total. The van der Waals surface area contributed by atoms with Crippen LogP contribution in [0.2, 0.25) is 0 Å². The maximum absolute atomic E-state index is 12.8. The number of carbonyl (C=O) groups excluding carboxylic acids is 2. The van der Waals surface area contributed by atoms with Crippen LogP contribution < -0.4 is 15.5 Å². The number of hydrogen-bond acceptors (Lipinski definition) is 4. The first-order valence-electron chi connectivity index (χ1n) is 10.1. The van der Waals surface area contributed by atoms with Crippen LogP contribution in [-0.4, -0.2) is 56.0 Å². The highest BCUT2D eigenvalue weighted by Gasteiger charge is 2.45. The number of likely N-dealkylation sites (tertiary alicyclic amines) is 1. The predicted octanol–water partition coefficient (Wildman–Crippen LogP) is 1.50. The van der Waals surface area contributed by atoms with E-state index in [-0.39, 0.29) is 17.9 Å². The Labute approximate surface area is 161 Å². The van der Waals surface area contributed by atoms with Crippen molar-refractivity contribution >= 4 is 17.5 Å². The third-order valence-electron chi connectivity index (χ3n) is 6.50. The summed E-state index contributed by atoms with van der Waals surface area (Å²) in [7, 11) is 2.07. The van der Waals surface area contributed by atoms with Crippen LogP contribution in [0, 0.1) is 5.41 Å². The van der Waals surface area contributed by atoms with Crippen molar-refractivity contribution < 1.29 is 9.59 Å². The van der Waals surface area contributed by atoms with Crippen LogP contribution in [0.15, 0.2) is 24.3 Å². The number of amides is 2. The van der Waals surface area contributed by atoms with Crippen molar-refractivity contribution in [3.05, 3.63) is 29.8 Å². The van der Waals surface area contributed by atoms with Gasteiger partial charge in [-0.2, -0.15) is 0 Å². The fourth-order valence-corrected chi connectivity index (χ4v) is 4.90. The van der Waals surface area contributed by atoms with E-state index in [1.54, 1.807) is 0 Å². The molecule has 0 saturated carbocycles. The van der Waals surface area contributed by atoms with Crippen LogP contribution >= 0.6 is 0 Å². The van der Waals surface area contributed by atoms with Crippen LogP contribution in [0.3, 0.4) is 0 Å². The van der Waals surface area contributed by atoms with Crippen LogP contribution in [0.5, 0.6) is 0 Å². The molecule has 3 heterocycles. The summed E-state index contributed by atoms with van der Waals surface area (Å²) in [5.74, 6) is 0.332. The van der Waals surface area contributed by atoms with E-state index in [1.807, 2.05) is 29.2 Å². The van der Waals surface area contributed by atoms with Crippen LogP contribution in [-0.2, 0) is 16.1 Å². The van der Waals surface area contributed by atoms with Gasteiger partial charge in [-0.1, -0.05) is 12.1 Å². The number of rotatable bonds is 4. The molecule has 0 radical (unpaired) electrons. The Bertz CT molecular complexity index is 697. The van der Waals surface area contributed by atoms with Crippen molar-refractivity contribution in [1.82, 2.24) is 15.5 Å². The minimum absolute atomic E-state index is 0.0235. The maximum Gasteiger partial charge on any atom is 0.237 e. The lowest BCUT2D eigenvalue weighted by Gasteiger charge is -2.33. The molecule has 6 nitrogen and oxygen atoms in total. The van der Waals surface area contributed by atoms with E-state index < -0.39 is 0 Å². The Kier molecular flexibility index (Phi) is 5.19. The smallest absolute Gasteiger partial charge is 0.237 e. The van der Waals surface area contributed by atoms with Crippen molar-refractivity contribution in [2.75, 3.05) is 38.1 Å². The van der Waals surface area contributed by atoms with Crippen LogP contribution in [0.25, 0.3) is 0 Å². The van der Waals surface area contributed by atoms with E-state index in [1.165, 1.54) is 0 Å². The summed E-state index contributed by atoms with van der Waals surface area (Å²) in [6, 6.07) is 7.96. The zero-order chi connectivity index (χ0) is 18.9. The van der Waals surface area contributed by atoms with Gasteiger partial charge < -0.3 is 15.5 Å². The number of piperidine rings is 1. The van der Waals surface area contributed by atoms with Crippen molar-refractivity contribution in [3.8, 4) is 0 Å². The van der Waals surface area contributed by atoms with E-state index in [4.69, 9.17) is 0 Å². The fourth-order valence-electron chi connectivity index (χ4n) is 4.90. The van der Waals surface area contributed by atoms with Crippen molar-refractivity contribution in [2.45, 2.75) is 44.7 Å². The van der Waals surface area contributed by atoms with E-state index in [0.717, 1.165) is 63.1 Å². The number of carbonyl (C=O) groups is 2. The average Bonchev–Trinajstić information content (AvgIpc) is 3.24. The first-order valence-corrected chi connectivity index (χ1v) is 10.1. The van der Waals surface area contributed by atoms with E-state index >= 15 is 0 Å². The van der Waals surface area contributed by atoms with E-state index in [0.29, 0.717) is 18.4 Å². The quantitative estimate of drug-likeness (QED) is 0.843.